The monoisotopic (exact) mass is 336 g/mol. The summed E-state index contributed by atoms with van der Waals surface area (Å²) in [6.45, 7) is 2.42. The van der Waals surface area contributed by atoms with Crippen LogP contribution in [-0.2, 0) is 16.1 Å². The highest BCUT2D eigenvalue weighted by atomic mass is 16.7. The van der Waals surface area contributed by atoms with Gasteiger partial charge in [-0.05, 0) is 12.0 Å². The third-order valence-electron chi connectivity index (χ3n) is 3.98. The van der Waals surface area contributed by atoms with Crippen molar-refractivity contribution >= 4 is 6.16 Å². The van der Waals surface area contributed by atoms with Crippen molar-refractivity contribution in [1.29, 1.82) is 0 Å². The van der Waals surface area contributed by atoms with Gasteiger partial charge in [0.05, 0.1) is 6.10 Å². The van der Waals surface area contributed by atoms with Crippen LogP contribution in [0.15, 0.2) is 30.3 Å². The lowest BCUT2D eigenvalue weighted by Crippen LogP contribution is -2.19. The molecule has 1 unspecified atom stereocenters. The van der Waals surface area contributed by atoms with Crippen molar-refractivity contribution in [3.05, 3.63) is 35.9 Å². The molecule has 0 aliphatic carbocycles. The average Bonchev–Trinajstić information content (AvgIpc) is 2.61. The van der Waals surface area contributed by atoms with Crippen LogP contribution >= 0.6 is 0 Å². The largest absolute Gasteiger partial charge is 0.508 e. The summed E-state index contributed by atoms with van der Waals surface area (Å²) in [5, 5.41) is 9.82. The first-order valence-corrected chi connectivity index (χ1v) is 9.24. The van der Waals surface area contributed by atoms with E-state index in [9.17, 15) is 9.90 Å². The number of carbonyl (C=O) groups is 1. The normalized spacial score (nSPS) is 11.9. The van der Waals surface area contributed by atoms with Gasteiger partial charge in [0.1, 0.15) is 13.2 Å². The SMILES string of the molecule is CCCCCCCCCCC(O)COC(=O)OCc1ccccc1. The highest BCUT2D eigenvalue weighted by Gasteiger charge is 2.09. The number of ether oxygens (including phenoxy) is 2. The van der Waals surface area contributed by atoms with Gasteiger partial charge in [0.2, 0.25) is 0 Å². The number of benzene rings is 1. The van der Waals surface area contributed by atoms with Crippen LogP contribution in [0.5, 0.6) is 0 Å². The Morgan fingerprint density at radius 1 is 0.958 bits per heavy atom. The van der Waals surface area contributed by atoms with Crippen molar-refractivity contribution in [2.75, 3.05) is 6.61 Å². The summed E-state index contributed by atoms with van der Waals surface area (Å²) in [5.74, 6) is 0. The molecule has 1 rings (SSSR count). The fourth-order valence-electron chi connectivity index (χ4n) is 2.52. The summed E-state index contributed by atoms with van der Waals surface area (Å²) in [6.07, 6.45) is 9.18. The Hall–Kier alpha value is -1.55. The Balaban J connectivity index is 1.95. The quantitative estimate of drug-likeness (QED) is 0.396. The van der Waals surface area contributed by atoms with E-state index in [1.54, 1.807) is 0 Å². The Morgan fingerprint density at radius 2 is 1.58 bits per heavy atom. The third kappa shape index (κ3) is 11.1. The fraction of sp³-hybridized carbons (Fsp3) is 0.650. The maximum Gasteiger partial charge on any atom is 0.508 e. The van der Waals surface area contributed by atoms with Crippen LogP contribution in [-0.4, -0.2) is 24.0 Å². The number of rotatable bonds is 13. The van der Waals surface area contributed by atoms with Crippen LogP contribution in [0, 0.1) is 0 Å². The molecule has 1 aromatic rings. The number of hydrogen-bond donors (Lipinski definition) is 1. The highest BCUT2D eigenvalue weighted by Crippen LogP contribution is 2.11. The van der Waals surface area contributed by atoms with Gasteiger partial charge in [-0.2, -0.15) is 0 Å². The lowest BCUT2D eigenvalue weighted by Gasteiger charge is -2.11. The molecule has 0 bridgehead atoms. The number of unbranched alkanes of at least 4 members (excludes halogenated alkanes) is 7. The van der Waals surface area contributed by atoms with E-state index < -0.39 is 12.3 Å². The molecule has 0 radical (unpaired) electrons. The molecule has 0 amide bonds. The van der Waals surface area contributed by atoms with E-state index in [-0.39, 0.29) is 13.2 Å². The van der Waals surface area contributed by atoms with Crippen molar-refractivity contribution in [2.45, 2.75) is 77.4 Å². The van der Waals surface area contributed by atoms with E-state index in [1.165, 1.54) is 38.5 Å². The van der Waals surface area contributed by atoms with E-state index >= 15 is 0 Å². The number of aliphatic hydroxyl groups excluding tert-OH is 1. The van der Waals surface area contributed by atoms with Crippen LogP contribution in [0.2, 0.25) is 0 Å². The minimum atomic E-state index is -0.728. The second kappa shape index (κ2) is 13.8. The average molecular weight is 336 g/mol. The number of hydrogen-bond acceptors (Lipinski definition) is 4. The highest BCUT2D eigenvalue weighted by molar-refractivity contribution is 5.59. The summed E-state index contributed by atoms with van der Waals surface area (Å²) in [6, 6.07) is 9.44. The zero-order valence-electron chi connectivity index (χ0n) is 14.9. The first-order valence-electron chi connectivity index (χ1n) is 9.24. The number of carbonyl (C=O) groups excluding carboxylic acids is 1. The predicted molar refractivity (Wildman–Crippen MR) is 95.8 cm³/mol. The Bertz CT molecular complexity index is 419. The van der Waals surface area contributed by atoms with Crippen LogP contribution in [0.3, 0.4) is 0 Å². The van der Waals surface area contributed by atoms with E-state index in [1.807, 2.05) is 30.3 Å². The first-order chi connectivity index (χ1) is 11.7. The Morgan fingerprint density at radius 3 is 2.25 bits per heavy atom. The molecular formula is C20H32O4. The molecule has 4 heteroatoms. The molecule has 4 nitrogen and oxygen atoms in total. The second-order valence-corrected chi connectivity index (χ2v) is 6.25. The molecule has 136 valence electrons. The van der Waals surface area contributed by atoms with E-state index in [4.69, 9.17) is 9.47 Å². The molecule has 24 heavy (non-hydrogen) atoms. The van der Waals surface area contributed by atoms with Gasteiger partial charge in [-0.3, -0.25) is 0 Å². The molecule has 0 aliphatic rings. The lowest BCUT2D eigenvalue weighted by molar-refractivity contribution is 0.0126. The second-order valence-electron chi connectivity index (χ2n) is 6.25. The summed E-state index contributed by atoms with van der Waals surface area (Å²) >= 11 is 0. The molecule has 0 aromatic heterocycles. The van der Waals surface area contributed by atoms with Crippen LogP contribution in [0.1, 0.15) is 70.3 Å². The van der Waals surface area contributed by atoms with Crippen LogP contribution in [0.4, 0.5) is 4.79 Å². The number of aliphatic hydroxyl groups is 1. The molecule has 0 saturated heterocycles. The molecule has 0 fully saturated rings. The topological polar surface area (TPSA) is 55.8 Å². The van der Waals surface area contributed by atoms with Crippen molar-refractivity contribution in [1.82, 2.24) is 0 Å². The lowest BCUT2D eigenvalue weighted by atomic mass is 10.1. The molecule has 1 N–H and O–H groups in total. The van der Waals surface area contributed by atoms with E-state index in [0.29, 0.717) is 6.42 Å². The van der Waals surface area contributed by atoms with Crippen LogP contribution < -0.4 is 0 Å². The fourth-order valence-corrected chi connectivity index (χ4v) is 2.52. The summed E-state index contributed by atoms with van der Waals surface area (Å²) < 4.78 is 9.93. The van der Waals surface area contributed by atoms with Gasteiger partial charge < -0.3 is 14.6 Å². The summed E-state index contributed by atoms with van der Waals surface area (Å²) in [5.41, 5.74) is 0.911. The molecule has 0 spiro atoms. The smallest absolute Gasteiger partial charge is 0.432 e. The maximum absolute atomic E-state index is 11.5. The zero-order valence-corrected chi connectivity index (χ0v) is 14.9. The molecule has 1 aromatic carbocycles. The molecular weight excluding hydrogens is 304 g/mol. The van der Waals surface area contributed by atoms with Gasteiger partial charge in [-0.25, -0.2) is 4.79 Å². The maximum atomic E-state index is 11.5. The van der Waals surface area contributed by atoms with Gasteiger partial charge in [0.25, 0.3) is 0 Å². The standard InChI is InChI=1S/C20H32O4/c1-2-3-4-5-6-7-8-12-15-19(21)17-24-20(22)23-16-18-13-10-9-11-14-18/h9-11,13-14,19,21H,2-8,12,15-17H2,1H3. The van der Waals surface area contributed by atoms with Gasteiger partial charge in [0.15, 0.2) is 0 Å². The minimum Gasteiger partial charge on any atom is -0.432 e. The van der Waals surface area contributed by atoms with E-state index in [2.05, 4.69) is 6.92 Å². The van der Waals surface area contributed by atoms with Crippen molar-refractivity contribution in [3.8, 4) is 0 Å². The zero-order chi connectivity index (χ0) is 17.5. The first kappa shape index (κ1) is 20.5. The predicted octanol–water partition coefficient (Wildman–Crippen LogP) is 5.23. The molecule has 0 saturated carbocycles. The minimum absolute atomic E-state index is 0.00409. The van der Waals surface area contributed by atoms with Gasteiger partial charge in [-0.15, -0.1) is 0 Å². The van der Waals surface area contributed by atoms with Gasteiger partial charge in [0, 0.05) is 0 Å². The van der Waals surface area contributed by atoms with Crippen molar-refractivity contribution < 1.29 is 19.4 Å². The summed E-state index contributed by atoms with van der Waals surface area (Å²) in [4.78, 5) is 11.5. The van der Waals surface area contributed by atoms with Gasteiger partial charge in [-0.1, -0.05) is 88.6 Å². The third-order valence-corrected chi connectivity index (χ3v) is 3.98. The van der Waals surface area contributed by atoms with Crippen LogP contribution in [0.25, 0.3) is 0 Å². The van der Waals surface area contributed by atoms with Crippen molar-refractivity contribution in [2.24, 2.45) is 0 Å². The van der Waals surface area contributed by atoms with Crippen molar-refractivity contribution in [3.63, 3.8) is 0 Å². The van der Waals surface area contributed by atoms with E-state index in [0.717, 1.165) is 18.4 Å². The Kier molecular flexibility index (Phi) is 11.8. The molecule has 0 heterocycles. The summed E-state index contributed by atoms with van der Waals surface area (Å²) in [7, 11) is 0. The molecule has 1 atom stereocenters. The van der Waals surface area contributed by atoms with Gasteiger partial charge >= 0.3 is 6.16 Å². The Labute approximate surface area is 146 Å². The molecule has 0 aliphatic heterocycles.